The molecule has 1 aromatic carbocycles. The van der Waals surface area contributed by atoms with Crippen molar-refractivity contribution < 1.29 is 13.9 Å². The number of rotatable bonds is 5. The van der Waals surface area contributed by atoms with Gasteiger partial charge in [-0.25, -0.2) is 0 Å². The van der Waals surface area contributed by atoms with Gasteiger partial charge in [-0.05, 0) is 31.2 Å². The van der Waals surface area contributed by atoms with Crippen molar-refractivity contribution in [2.45, 2.75) is 19.4 Å². The summed E-state index contributed by atoms with van der Waals surface area (Å²) in [4.78, 5) is 11.0. The highest BCUT2D eigenvalue weighted by Crippen LogP contribution is 2.26. The van der Waals surface area contributed by atoms with Gasteiger partial charge in [-0.3, -0.25) is 4.79 Å². The number of fused-ring (bicyclic) bond motifs is 1. The first-order valence-electron chi connectivity index (χ1n) is 6.09. The molecular weight excluding hydrogens is 310 g/mol. The van der Waals surface area contributed by atoms with Gasteiger partial charge in [0.2, 0.25) is 0 Å². The Morgan fingerprint density at radius 2 is 2.26 bits per heavy atom. The quantitative estimate of drug-likeness (QED) is 0.856. The molecule has 0 saturated carbocycles. The van der Waals surface area contributed by atoms with E-state index in [9.17, 15) is 4.79 Å². The Labute approximate surface area is 120 Å². The first-order valence-corrected chi connectivity index (χ1v) is 6.88. The third-order valence-corrected chi connectivity index (χ3v) is 3.42. The molecule has 1 atom stereocenters. The maximum Gasteiger partial charge on any atom is 0.306 e. The minimum atomic E-state index is -0.215. The fourth-order valence-corrected chi connectivity index (χ4v) is 2.22. The smallest absolute Gasteiger partial charge is 0.306 e. The Kier molecular flexibility index (Phi) is 4.61. The molecule has 0 spiro atoms. The zero-order chi connectivity index (χ0) is 13.8. The molecule has 0 aliphatic heterocycles. The van der Waals surface area contributed by atoms with Gasteiger partial charge in [-0.2, -0.15) is 0 Å². The third-order valence-electron chi connectivity index (χ3n) is 2.93. The molecule has 0 amide bonds. The zero-order valence-electron chi connectivity index (χ0n) is 10.9. The predicted octanol–water partition coefficient (Wildman–Crippen LogP) is 3.41. The fraction of sp³-hybridized carbons (Fsp3) is 0.357. The Morgan fingerprint density at radius 1 is 1.47 bits per heavy atom. The van der Waals surface area contributed by atoms with Crippen molar-refractivity contribution in [3.8, 4) is 0 Å². The van der Waals surface area contributed by atoms with E-state index in [4.69, 9.17) is 4.42 Å². The second kappa shape index (κ2) is 6.21. The molecule has 0 bridgehead atoms. The largest absolute Gasteiger partial charge is 0.469 e. The maximum atomic E-state index is 11.0. The highest BCUT2D eigenvalue weighted by atomic mass is 79.9. The summed E-state index contributed by atoms with van der Waals surface area (Å²) in [5, 5.41) is 4.29. The van der Waals surface area contributed by atoms with Crippen LogP contribution in [0.15, 0.2) is 33.2 Å². The van der Waals surface area contributed by atoms with Gasteiger partial charge in [0.05, 0.1) is 19.6 Å². The highest BCUT2D eigenvalue weighted by Gasteiger charge is 2.11. The molecule has 0 aliphatic carbocycles. The van der Waals surface area contributed by atoms with E-state index in [1.54, 1.807) is 0 Å². The number of esters is 1. The van der Waals surface area contributed by atoms with E-state index in [-0.39, 0.29) is 12.0 Å². The molecule has 1 N–H and O–H groups in total. The van der Waals surface area contributed by atoms with E-state index in [0.29, 0.717) is 13.0 Å². The predicted molar refractivity (Wildman–Crippen MR) is 77.0 cm³/mol. The number of carbonyl (C=O) groups excluding carboxylic acids is 1. The highest BCUT2D eigenvalue weighted by molar-refractivity contribution is 9.10. The lowest BCUT2D eigenvalue weighted by Crippen LogP contribution is -2.22. The lowest BCUT2D eigenvalue weighted by molar-refractivity contribution is -0.140. The summed E-state index contributed by atoms with van der Waals surface area (Å²) in [7, 11) is 1.39. The summed E-state index contributed by atoms with van der Waals surface area (Å²) in [6, 6.07) is 7.96. The van der Waals surface area contributed by atoms with Crippen molar-refractivity contribution in [2.75, 3.05) is 13.7 Å². The van der Waals surface area contributed by atoms with Crippen LogP contribution in [-0.4, -0.2) is 19.6 Å². The number of hydrogen-bond donors (Lipinski definition) is 1. The van der Waals surface area contributed by atoms with Gasteiger partial charge in [0, 0.05) is 16.4 Å². The summed E-state index contributed by atoms with van der Waals surface area (Å²) in [5.74, 6) is 0.645. The number of furan rings is 1. The summed E-state index contributed by atoms with van der Waals surface area (Å²) < 4.78 is 11.4. The summed E-state index contributed by atoms with van der Waals surface area (Å²) in [6.45, 7) is 2.57. The number of benzene rings is 1. The van der Waals surface area contributed by atoms with Gasteiger partial charge in [0.1, 0.15) is 11.3 Å². The van der Waals surface area contributed by atoms with Gasteiger partial charge in [0.15, 0.2) is 0 Å². The Bertz CT molecular complexity index is 579. The molecule has 1 aromatic heterocycles. The van der Waals surface area contributed by atoms with Crippen molar-refractivity contribution in [1.29, 1.82) is 0 Å². The molecule has 19 heavy (non-hydrogen) atoms. The zero-order valence-corrected chi connectivity index (χ0v) is 12.5. The second-order valence-electron chi connectivity index (χ2n) is 4.33. The molecular formula is C14H16BrNO3. The van der Waals surface area contributed by atoms with Gasteiger partial charge in [0.25, 0.3) is 0 Å². The SMILES string of the molecule is COC(=O)CCNC(C)c1cc2cc(Br)ccc2o1. The van der Waals surface area contributed by atoms with Crippen LogP contribution in [0.25, 0.3) is 11.0 Å². The lowest BCUT2D eigenvalue weighted by atomic mass is 10.2. The molecule has 1 unspecified atom stereocenters. The second-order valence-corrected chi connectivity index (χ2v) is 5.25. The Morgan fingerprint density at radius 3 is 3.00 bits per heavy atom. The van der Waals surface area contributed by atoms with E-state index in [0.717, 1.165) is 21.2 Å². The normalized spacial score (nSPS) is 12.6. The topological polar surface area (TPSA) is 51.5 Å². The average molecular weight is 326 g/mol. The van der Waals surface area contributed by atoms with E-state index in [1.807, 2.05) is 31.2 Å². The number of hydrogen-bond acceptors (Lipinski definition) is 4. The van der Waals surface area contributed by atoms with Crippen LogP contribution in [0, 0.1) is 0 Å². The number of ether oxygens (including phenoxy) is 1. The molecule has 2 rings (SSSR count). The number of methoxy groups -OCH3 is 1. The standard InChI is InChI=1S/C14H16BrNO3/c1-9(16-6-5-14(17)18-2)13-8-10-7-11(15)3-4-12(10)19-13/h3-4,7-9,16H,5-6H2,1-2H3. The Balaban J connectivity index is 2.01. The van der Waals surface area contributed by atoms with Gasteiger partial charge in [-0.15, -0.1) is 0 Å². The number of halogens is 1. The lowest BCUT2D eigenvalue weighted by Gasteiger charge is -2.10. The van der Waals surface area contributed by atoms with Crippen LogP contribution in [0.2, 0.25) is 0 Å². The summed E-state index contributed by atoms with van der Waals surface area (Å²) >= 11 is 3.44. The van der Waals surface area contributed by atoms with Crippen LogP contribution in [0.3, 0.4) is 0 Å². The van der Waals surface area contributed by atoms with Gasteiger partial charge >= 0.3 is 5.97 Å². The van der Waals surface area contributed by atoms with Crippen LogP contribution in [0.5, 0.6) is 0 Å². The van der Waals surface area contributed by atoms with Crippen LogP contribution in [-0.2, 0) is 9.53 Å². The number of carbonyl (C=O) groups is 1. The van der Waals surface area contributed by atoms with Crippen molar-refractivity contribution in [3.05, 3.63) is 34.5 Å². The Hall–Kier alpha value is -1.33. The molecule has 1 heterocycles. The maximum absolute atomic E-state index is 11.0. The fourth-order valence-electron chi connectivity index (χ4n) is 1.84. The van der Waals surface area contributed by atoms with E-state index < -0.39 is 0 Å². The first kappa shape index (κ1) is 14.1. The molecule has 2 aromatic rings. The van der Waals surface area contributed by atoms with Crippen LogP contribution in [0.4, 0.5) is 0 Å². The van der Waals surface area contributed by atoms with Crippen molar-refractivity contribution >= 4 is 32.9 Å². The van der Waals surface area contributed by atoms with Crippen molar-refractivity contribution in [3.63, 3.8) is 0 Å². The average Bonchev–Trinajstić information content (AvgIpc) is 2.81. The molecule has 4 nitrogen and oxygen atoms in total. The van der Waals surface area contributed by atoms with E-state index in [1.165, 1.54) is 7.11 Å². The van der Waals surface area contributed by atoms with Crippen molar-refractivity contribution in [2.24, 2.45) is 0 Å². The van der Waals surface area contributed by atoms with E-state index >= 15 is 0 Å². The summed E-state index contributed by atoms with van der Waals surface area (Å²) in [6.07, 6.45) is 0.354. The van der Waals surface area contributed by atoms with Crippen LogP contribution in [0.1, 0.15) is 25.1 Å². The van der Waals surface area contributed by atoms with Gasteiger partial charge < -0.3 is 14.5 Å². The van der Waals surface area contributed by atoms with Crippen LogP contribution < -0.4 is 5.32 Å². The third kappa shape index (κ3) is 3.58. The minimum absolute atomic E-state index is 0.0517. The molecule has 0 aliphatic rings. The molecule has 102 valence electrons. The molecule has 0 radical (unpaired) electrons. The first-order chi connectivity index (χ1) is 9.10. The van der Waals surface area contributed by atoms with Crippen LogP contribution >= 0.6 is 15.9 Å². The molecule has 0 fully saturated rings. The molecule has 0 saturated heterocycles. The molecule has 5 heteroatoms. The minimum Gasteiger partial charge on any atom is -0.469 e. The summed E-state index contributed by atoms with van der Waals surface area (Å²) in [5.41, 5.74) is 0.861. The van der Waals surface area contributed by atoms with Gasteiger partial charge in [-0.1, -0.05) is 15.9 Å². The number of nitrogens with one attached hydrogen (secondary N) is 1. The monoisotopic (exact) mass is 325 g/mol. The van der Waals surface area contributed by atoms with E-state index in [2.05, 4.69) is 26.0 Å². The van der Waals surface area contributed by atoms with Crippen molar-refractivity contribution in [1.82, 2.24) is 5.32 Å².